The van der Waals surface area contributed by atoms with Gasteiger partial charge in [0.2, 0.25) is 15.9 Å². The van der Waals surface area contributed by atoms with Gasteiger partial charge in [0.1, 0.15) is 0 Å². The normalized spacial score (nSPS) is 12.2. The molecular weight excluding hydrogens is 322 g/mol. The summed E-state index contributed by atoms with van der Waals surface area (Å²) < 4.78 is 35.2. The zero-order valence-corrected chi connectivity index (χ0v) is 14.6. The second kappa shape index (κ2) is 7.71. The summed E-state index contributed by atoms with van der Waals surface area (Å²) in [6, 6.07) is 1.48. The van der Waals surface area contributed by atoms with Crippen LogP contribution in [0, 0.1) is 0 Å². The molecule has 0 unspecified atom stereocenters. The number of anilines is 1. The largest absolute Gasteiger partial charge is 0.380 e. The number of ether oxygens (including phenoxy) is 1. The van der Waals surface area contributed by atoms with Crippen LogP contribution in [-0.4, -0.2) is 44.0 Å². The predicted molar refractivity (Wildman–Crippen MR) is 87.3 cm³/mol. The van der Waals surface area contributed by atoms with E-state index in [2.05, 4.69) is 21.8 Å². The molecule has 1 amide bonds. The van der Waals surface area contributed by atoms with Crippen LogP contribution in [0.1, 0.15) is 33.5 Å². The van der Waals surface area contributed by atoms with Gasteiger partial charge < -0.3 is 14.6 Å². The van der Waals surface area contributed by atoms with Gasteiger partial charge in [-0.15, -0.1) is 0 Å². The number of carbonyl (C=O) groups is 1. The van der Waals surface area contributed by atoms with Crippen LogP contribution in [0.15, 0.2) is 17.2 Å². The Hall–Kier alpha value is -1.71. The first-order valence-corrected chi connectivity index (χ1v) is 8.61. The molecule has 2 N–H and O–H groups in total. The minimum Gasteiger partial charge on any atom is -0.380 e. The molecule has 0 fully saturated rings. The van der Waals surface area contributed by atoms with Gasteiger partial charge in [-0.3, -0.25) is 4.79 Å². The minimum atomic E-state index is -3.89. The van der Waals surface area contributed by atoms with E-state index >= 15 is 0 Å². The molecule has 0 saturated heterocycles. The fourth-order valence-corrected chi connectivity index (χ4v) is 2.51. The molecule has 0 bridgehead atoms. The fourth-order valence-electron chi connectivity index (χ4n) is 1.50. The number of allylic oxidation sites excluding steroid dienone is 1. The number of hydrogen-bond donors (Lipinski definition) is 2. The fraction of sp³-hybridized carbons (Fsp3) is 0.571. The van der Waals surface area contributed by atoms with Crippen LogP contribution >= 0.6 is 0 Å². The first-order chi connectivity index (χ1) is 10.6. The van der Waals surface area contributed by atoms with Gasteiger partial charge in [0.15, 0.2) is 16.3 Å². The van der Waals surface area contributed by atoms with Crippen LogP contribution in [0.5, 0.6) is 0 Å². The zero-order valence-electron chi connectivity index (χ0n) is 13.8. The van der Waals surface area contributed by atoms with Crippen LogP contribution in [-0.2, 0) is 19.6 Å². The van der Waals surface area contributed by atoms with Crippen molar-refractivity contribution < 1.29 is 22.5 Å². The monoisotopic (exact) mass is 345 g/mol. The Morgan fingerprint density at radius 3 is 2.65 bits per heavy atom. The standard InChI is InChI=1S/C14H23N3O5S/c1-6-21-8-7-15-23(19,20)14(4,5)13(18)16-12-9-11(10(2)3)22-17-12/h9,15H,2,6-8H2,1,3-5H3,(H,16,17,18). The quantitative estimate of drug-likeness (QED) is 0.654. The summed E-state index contributed by atoms with van der Waals surface area (Å²) in [6.45, 7) is 10.7. The lowest BCUT2D eigenvalue weighted by Crippen LogP contribution is -2.50. The van der Waals surface area contributed by atoms with Gasteiger partial charge in [-0.25, -0.2) is 13.1 Å². The summed E-state index contributed by atoms with van der Waals surface area (Å²) >= 11 is 0. The molecule has 0 aliphatic rings. The van der Waals surface area contributed by atoms with Crippen LogP contribution in [0.3, 0.4) is 0 Å². The first kappa shape index (κ1) is 19.3. The van der Waals surface area contributed by atoms with Crippen molar-refractivity contribution >= 4 is 27.3 Å². The molecule has 0 atom stereocenters. The summed E-state index contributed by atoms with van der Waals surface area (Å²) in [7, 11) is -3.89. The third kappa shape index (κ3) is 4.88. The summed E-state index contributed by atoms with van der Waals surface area (Å²) in [4.78, 5) is 12.3. The van der Waals surface area contributed by atoms with E-state index in [1.807, 2.05) is 6.92 Å². The highest BCUT2D eigenvalue weighted by Gasteiger charge is 2.41. The molecule has 23 heavy (non-hydrogen) atoms. The number of aromatic nitrogens is 1. The van der Waals surface area contributed by atoms with E-state index in [1.54, 1.807) is 6.92 Å². The van der Waals surface area contributed by atoms with Crippen molar-refractivity contribution in [2.24, 2.45) is 0 Å². The third-order valence-corrected chi connectivity index (χ3v) is 5.25. The lowest BCUT2D eigenvalue weighted by molar-refractivity contribution is -0.117. The van der Waals surface area contributed by atoms with Crippen LogP contribution in [0.4, 0.5) is 5.82 Å². The molecule has 130 valence electrons. The van der Waals surface area contributed by atoms with E-state index in [-0.39, 0.29) is 19.0 Å². The van der Waals surface area contributed by atoms with Crippen LogP contribution in [0.2, 0.25) is 0 Å². The number of rotatable bonds is 9. The van der Waals surface area contributed by atoms with Crippen molar-refractivity contribution in [3.05, 3.63) is 18.4 Å². The minimum absolute atomic E-state index is 0.0939. The molecular formula is C14H23N3O5S. The first-order valence-electron chi connectivity index (χ1n) is 7.12. The molecule has 0 radical (unpaired) electrons. The Bertz CT molecular complexity index is 664. The molecule has 1 rings (SSSR count). The Kier molecular flexibility index (Phi) is 6.48. The molecule has 9 heteroatoms. The van der Waals surface area contributed by atoms with E-state index in [9.17, 15) is 13.2 Å². The highest BCUT2D eigenvalue weighted by Crippen LogP contribution is 2.20. The molecule has 8 nitrogen and oxygen atoms in total. The lowest BCUT2D eigenvalue weighted by Gasteiger charge is -2.23. The van der Waals surface area contributed by atoms with Gasteiger partial charge in [-0.1, -0.05) is 11.7 Å². The van der Waals surface area contributed by atoms with Gasteiger partial charge in [0.25, 0.3) is 0 Å². The summed E-state index contributed by atoms with van der Waals surface area (Å²) in [5.74, 6) is -0.177. The van der Waals surface area contributed by atoms with E-state index in [0.717, 1.165) is 0 Å². The number of amides is 1. The third-order valence-electron chi connectivity index (χ3n) is 3.13. The van der Waals surface area contributed by atoms with Gasteiger partial charge in [0, 0.05) is 19.2 Å². The summed E-state index contributed by atoms with van der Waals surface area (Å²) in [5, 5.41) is 6.09. The van der Waals surface area contributed by atoms with E-state index in [0.29, 0.717) is 17.9 Å². The van der Waals surface area contributed by atoms with Crippen molar-refractivity contribution in [3.63, 3.8) is 0 Å². The van der Waals surface area contributed by atoms with Crippen molar-refractivity contribution in [3.8, 4) is 0 Å². The maximum atomic E-state index is 12.3. The van der Waals surface area contributed by atoms with Gasteiger partial charge in [0.05, 0.1) is 6.61 Å². The van der Waals surface area contributed by atoms with Crippen molar-refractivity contribution in [2.75, 3.05) is 25.1 Å². The SMILES string of the molecule is C=C(C)c1cc(NC(=O)C(C)(C)S(=O)(=O)NCCOCC)no1. The molecule has 0 aromatic carbocycles. The van der Waals surface area contributed by atoms with E-state index < -0.39 is 20.7 Å². The second-order valence-electron chi connectivity index (χ2n) is 5.42. The smallest absolute Gasteiger partial charge is 0.247 e. The maximum Gasteiger partial charge on any atom is 0.247 e. The average molecular weight is 345 g/mol. The maximum absolute atomic E-state index is 12.3. The molecule has 0 aliphatic carbocycles. The van der Waals surface area contributed by atoms with Crippen LogP contribution in [0.25, 0.3) is 5.57 Å². The van der Waals surface area contributed by atoms with Gasteiger partial charge in [-0.2, -0.15) is 0 Å². The Morgan fingerprint density at radius 1 is 1.48 bits per heavy atom. The van der Waals surface area contributed by atoms with E-state index in [4.69, 9.17) is 9.26 Å². The van der Waals surface area contributed by atoms with Crippen LogP contribution < -0.4 is 10.0 Å². The number of hydrogen-bond acceptors (Lipinski definition) is 6. The number of sulfonamides is 1. The predicted octanol–water partition coefficient (Wildman–Crippen LogP) is 1.38. The van der Waals surface area contributed by atoms with Crippen molar-refractivity contribution in [1.82, 2.24) is 9.88 Å². The lowest BCUT2D eigenvalue weighted by atomic mass is 10.2. The highest BCUT2D eigenvalue weighted by molar-refractivity contribution is 7.91. The van der Waals surface area contributed by atoms with Crippen molar-refractivity contribution in [1.29, 1.82) is 0 Å². The second-order valence-corrected chi connectivity index (χ2v) is 7.73. The zero-order chi connectivity index (χ0) is 17.7. The molecule has 1 aromatic heterocycles. The molecule has 0 saturated carbocycles. The number of nitrogens with zero attached hydrogens (tertiary/aromatic N) is 1. The molecule has 1 heterocycles. The Balaban J connectivity index is 2.76. The Labute approximate surface area is 136 Å². The number of nitrogens with one attached hydrogen (secondary N) is 2. The Morgan fingerprint density at radius 2 is 2.13 bits per heavy atom. The number of carbonyl (C=O) groups excluding carboxylic acids is 1. The van der Waals surface area contributed by atoms with Gasteiger partial charge >= 0.3 is 0 Å². The topological polar surface area (TPSA) is 111 Å². The van der Waals surface area contributed by atoms with Crippen molar-refractivity contribution in [2.45, 2.75) is 32.4 Å². The van der Waals surface area contributed by atoms with E-state index in [1.165, 1.54) is 19.9 Å². The average Bonchev–Trinajstić information content (AvgIpc) is 2.92. The van der Waals surface area contributed by atoms with Gasteiger partial charge in [-0.05, 0) is 33.3 Å². The summed E-state index contributed by atoms with van der Waals surface area (Å²) in [5.41, 5.74) is 0.641. The summed E-state index contributed by atoms with van der Waals surface area (Å²) in [6.07, 6.45) is 0. The molecule has 0 aliphatic heterocycles. The highest BCUT2D eigenvalue weighted by atomic mass is 32.2. The molecule has 0 spiro atoms. The molecule has 1 aromatic rings.